The van der Waals surface area contributed by atoms with Crippen LogP contribution >= 0.6 is 22.6 Å². The monoisotopic (exact) mass is 586 g/mol. The van der Waals surface area contributed by atoms with Gasteiger partial charge in [-0.2, -0.15) is 0 Å². The van der Waals surface area contributed by atoms with Crippen LogP contribution in [-0.4, -0.2) is 17.9 Å². The lowest BCUT2D eigenvalue weighted by Gasteiger charge is -2.11. The van der Waals surface area contributed by atoms with Crippen LogP contribution in [0.4, 0.5) is 11.4 Å². The number of para-hydroxylation sites is 2. The number of amides is 1. The Morgan fingerprint density at radius 1 is 1.00 bits per heavy atom. The average molecular weight is 586 g/mol. The van der Waals surface area contributed by atoms with Gasteiger partial charge in [0.05, 0.1) is 23.8 Å². The Balaban J connectivity index is 1.47. The third kappa shape index (κ3) is 6.29. The summed E-state index contributed by atoms with van der Waals surface area (Å²) in [5.41, 5.74) is -0.0825. The van der Waals surface area contributed by atoms with Crippen molar-refractivity contribution in [2.75, 3.05) is 12.4 Å². The van der Waals surface area contributed by atoms with Gasteiger partial charge in [0.15, 0.2) is 17.3 Å². The number of nitrogens with one attached hydrogen (secondary N) is 1. The quantitative estimate of drug-likeness (QED) is 0.137. The van der Waals surface area contributed by atoms with E-state index in [1.54, 1.807) is 30.3 Å². The van der Waals surface area contributed by atoms with Crippen molar-refractivity contribution in [3.8, 4) is 23.0 Å². The van der Waals surface area contributed by atoms with E-state index in [0.717, 1.165) is 3.57 Å². The summed E-state index contributed by atoms with van der Waals surface area (Å²) in [7, 11) is 1.49. The van der Waals surface area contributed by atoms with Crippen molar-refractivity contribution in [1.29, 1.82) is 0 Å². The molecule has 10 heteroatoms. The van der Waals surface area contributed by atoms with Gasteiger partial charge in [-0.25, -0.2) is 0 Å². The molecule has 1 amide bonds. The first-order valence-corrected chi connectivity index (χ1v) is 11.4. The second-order valence-electron chi connectivity index (χ2n) is 7.19. The molecule has 178 valence electrons. The van der Waals surface area contributed by atoms with Crippen molar-refractivity contribution < 1.29 is 28.3 Å². The Morgan fingerprint density at radius 3 is 2.46 bits per heavy atom. The Morgan fingerprint density at radius 2 is 1.74 bits per heavy atom. The lowest BCUT2D eigenvalue weighted by molar-refractivity contribution is -0.384. The van der Waals surface area contributed by atoms with E-state index in [0.29, 0.717) is 23.0 Å². The van der Waals surface area contributed by atoms with Crippen molar-refractivity contribution in [3.63, 3.8) is 0 Å². The maximum atomic E-state index is 12.7. The molecule has 9 nitrogen and oxygen atoms in total. The van der Waals surface area contributed by atoms with Gasteiger partial charge in [-0.1, -0.05) is 12.1 Å². The Bertz CT molecular complexity index is 1350. The fraction of sp³-hybridized carbons (Fsp3) is 0.0800. The van der Waals surface area contributed by atoms with Gasteiger partial charge >= 0.3 is 0 Å². The Hall–Kier alpha value is -4.06. The molecule has 0 radical (unpaired) electrons. The Kier molecular flexibility index (Phi) is 7.51. The lowest BCUT2D eigenvalue weighted by Crippen LogP contribution is -2.11. The van der Waals surface area contributed by atoms with Gasteiger partial charge in [0, 0.05) is 15.7 Å². The van der Waals surface area contributed by atoms with Crippen LogP contribution in [0.3, 0.4) is 0 Å². The summed E-state index contributed by atoms with van der Waals surface area (Å²) >= 11 is 2.20. The summed E-state index contributed by atoms with van der Waals surface area (Å²) in [5.74, 6) is 1.57. The van der Waals surface area contributed by atoms with E-state index < -0.39 is 10.8 Å². The summed E-state index contributed by atoms with van der Waals surface area (Å²) < 4.78 is 23.4. The van der Waals surface area contributed by atoms with Crippen LogP contribution in [0.15, 0.2) is 83.3 Å². The van der Waals surface area contributed by atoms with Gasteiger partial charge in [0.2, 0.25) is 0 Å². The highest BCUT2D eigenvalue weighted by atomic mass is 127. The van der Waals surface area contributed by atoms with Gasteiger partial charge < -0.3 is 23.9 Å². The molecule has 3 aromatic carbocycles. The summed E-state index contributed by atoms with van der Waals surface area (Å²) in [6.45, 7) is 0.140. The average Bonchev–Trinajstić information content (AvgIpc) is 3.33. The summed E-state index contributed by atoms with van der Waals surface area (Å²) in [4.78, 5) is 23.6. The molecule has 0 fully saturated rings. The van der Waals surface area contributed by atoms with Gasteiger partial charge in [0.1, 0.15) is 23.9 Å². The molecule has 0 unspecified atom stereocenters. The number of benzene rings is 3. The fourth-order valence-corrected chi connectivity index (χ4v) is 3.47. The zero-order valence-corrected chi connectivity index (χ0v) is 20.6. The molecule has 1 N–H and O–H groups in total. The van der Waals surface area contributed by atoms with E-state index in [1.165, 1.54) is 31.4 Å². The zero-order valence-electron chi connectivity index (χ0n) is 18.4. The number of carbonyl (C=O) groups is 1. The second kappa shape index (κ2) is 10.9. The third-order valence-electron chi connectivity index (χ3n) is 4.74. The van der Waals surface area contributed by atoms with Gasteiger partial charge in [0.25, 0.3) is 11.6 Å². The number of methoxy groups -OCH3 is 1. The minimum absolute atomic E-state index is 0.0323. The smallest absolute Gasteiger partial charge is 0.291 e. The molecule has 0 aliphatic carbocycles. The van der Waals surface area contributed by atoms with Crippen LogP contribution in [0.1, 0.15) is 16.3 Å². The number of nitro benzene ring substituents is 1. The van der Waals surface area contributed by atoms with E-state index >= 15 is 0 Å². The lowest BCUT2D eigenvalue weighted by atomic mass is 10.2. The third-order valence-corrected chi connectivity index (χ3v) is 5.46. The summed E-state index contributed by atoms with van der Waals surface area (Å²) in [6, 6.07) is 21.5. The number of furan rings is 1. The van der Waals surface area contributed by atoms with E-state index in [1.807, 2.05) is 24.3 Å². The number of non-ortho nitro benzene ring substituents is 1. The summed E-state index contributed by atoms with van der Waals surface area (Å²) in [6.07, 6.45) is 0. The van der Waals surface area contributed by atoms with Crippen LogP contribution in [-0.2, 0) is 6.61 Å². The van der Waals surface area contributed by atoms with E-state index in [4.69, 9.17) is 18.6 Å². The topological polar surface area (TPSA) is 113 Å². The van der Waals surface area contributed by atoms with Crippen molar-refractivity contribution in [3.05, 3.63) is 104 Å². The molecule has 0 bridgehead atoms. The molecule has 0 aliphatic heterocycles. The van der Waals surface area contributed by atoms with E-state index in [9.17, 15) is 14.9 Å². The number of nitrogens with zero attached hydrogens (tertiary/aromatic N) is 1. The minimum Gasteiger partial charge on any atom is -0.493 e. The first-order chi connectivity index (χ1) is 16.9. The predicted octanol–water partition coefficient (Wildman–Crippen LogP) is 6.42. The first kappa shape index (κ1) is 24.1. The fourth-order valence-electron chi connectivity index (χ4n) is 3.11. The highest BCUT2D eigenvalue weighted by molar-refractivity contribution is 14.1. The van der Waals surface area contributed by atoms with Crippen LogP contribution in [0.25, 0.3) is 0 Å². The maximum Gasteiger partial charge on any atom is 0.291 e. The SMILES string of the molecule is COc1ccccc1Oc1cc(NC(=O)c2ccc(COc3ccc(I)cc3)o2)cc([N+](=O)[O-])c1. The van der Waals surface area contributed by atoms with Gasteiger partial charge in [-0.05, 0) is 71.1 Å². The number of hydrogen-bond donors (Lipinski definition) is 1. The number of carbonyl (C=O) groups excluding carboxylic acids is 1. The molecule has 0 aliphatic rings. The van der Waals surface area contributed by atoms with Gasteiger partial charge in [-0.15, -0.1) is 0 Å². The van der Waals surface area contributed by atoms with E-state index in [-0.39, 0.29) is 29.5 Å². The largest absolute Gasteiger partial charge is 0.493 e. The Labute approximate surface area is 213 Å². The molecule has 4 aromatic rings. The van der Waals surface area contributed by atoms with Gasteiger partial charge in [-0.3, -0.25) is 14.9 Å². The van der Waals surface area contributed by atoms with Crippen molar-refractivity contribution in [2.24, 2.45) is 0 Å². The molecular weight excluding hydrogens is 567 g/mol. The normalized spacial score (nSPS) is 10.5. The molecule has 35 heavy (non-hydrogen) atoms. The number of hydrogen-bond acceptors (Lipinski definition) is 7. The van der Waals surface area contributed by atoms with Crippen LogP contribution in [0, 0.1) is 13.7 Å². The molecule has 0 saturated carbocycles. The zero-order chi connectivity index (χ0) is 24.8. The van der Waals surface area contributed by atoms with Crippen molar-refractivity contribution in [2.45, 2.75) is 6.61 Å². The van der Waals surface area contributed by atoms with E-state index in [2.05, 4.69) is 27.9 Å². The molecule has 0 spiro atoms. The van der Waals surface area contributed by atoms with Crippen LogP contribution < -0.4 is 19.5 Å². The first-order valence-electron chi connectivity index (χ1n) is 10.3. The number of nitro groups is 1. The standard InChI is InChI=1S/C25H19IN2O7/c1-32-22-4-2-3-5-23(22)35-21-13-17(12-18(14-21)28(30)31)27-25(29)24-11-10-20(34-24)15-33-19-8-6-16(26)7-9-19/h2-14H,15H2,1H3,(H,27,29). The molecule has 1 heterocycles. The molecule has 0 atom stereocenters. The number of ether oxygens (including phenoxy) is 3. The van der Waals surface area contributed by atoms with Crippen LogP contribution in [0.2, 0.25) is 0 Å². The number of halogens is 1. The van der Waals surface area contributed by atoms with Crippen molar-refractivity contribution >= 4 is 39.9 Å². The molecule has 1 aromatic heterocycles. The highest BCUT2D eigenvalue weighted by Gasteiger charge is 2.17. The predicted molar refractivity (Wildman–Crippen MR) is 136 cm³/mol. The van der Waals surface area contributed by atoms with Crippen molar-refractivity contribution in [1.82, 2.24) is 0 Å². The minimum atomic E-state index is -0.575. The molecule has 0 saturated heterocycles. The maximum absolute atomic E-state index is 12.7. The molecular formula is C25H19IN2O7. The van der Waals surface area contributed by atoms with Crippen LogP contribution in [0.5, 0.6) is 23.0 Å². The number of anilines is 1. The summed E-state index contributed by atoms with van der Waals surface area (Å²) in [5, 5.41) is 14.0. The highest BCUT2D eigenvalue weighted by Crippen LogP contribution is 2.34. The second-order valence-corrected chi connectivity index (χ2v) is 8.43. The molecule has 4 rings (SSSR count). The number of rotatable bonds is 9.